The Kier molecular flexibility index (Phi) is 4.72. The number of carbonyl (C=O) groups is 1. The Hall–Kier alpha value is -2.13. The molecule has 0 unspecified atom stereocenters. The summed E-state index contributed by atoms with van der Waals surface area (Å²) < 4.78 is 45.5. The van der Waals surface area contributed by atoms with Crippen molar-refractivity contribution in [1.29, 1.82) is 0 Å². The highest BCUT2D eigenvalue weighted by molar-refractivity contribution is 6.02. The van der Waals surface area contributed by atoms with Gasteiger partial charge < -0.3 is 4.74 Å². The number of amides is 1. The van der Waals surface area contributed by atoms with E-state index in [0.29, 0.717) is 26.3 Å². The summed E-state index contributed by atoms with van der Waals surface area (Å²) in [5.41, 5.74) is 4.68. The zero-order valence-corrected chi connectivity index (χ0v) is 12.8. The number of amidine groups is 1. The van der Waals surface area contributed by atoms with Gasteiger partial charge >= 0.3 is 6.18 Å². The van der Waals surface area contributed by atoms with Crippen LogP contribution >= 0.6 is 0 Å². The number of hydrogen-bond acceptors (Lipinski definition) is 5. The number of hydrazine groups is 1. The molecule has 1 aromatic rings. The van der Waals surface area contributed by atoms with Gasteiger partial charge in [-0.1, -0.05) is 12.1 Å². The zero-order chi connectivity index (χ0) is 17.2. The van der Waals surface area contributed by atoms with E-state index < -0.39 is 11.7 Å². The normalized spacial score (nSPS) is 19.5. The first-order chi connectivity index (χ1) is 11.4. The summed E-state index contributed by atoms with van der Waals surface area (Å²) in [5, 5.41) is 0. The molecule has 0 spiro atoms. The van der Waals surface area contributed by atoms with Gasteiger partial charge in [-0.2, -0.15) is 13.2 Å². The fourth-order valence-electron chi connectivity index (χ4n) is 2.65. The summed E-state index contributed by atoms with van der Waals surface area (Å²) in [6, 6.07) is 4.11. The fourth-order valence-corrected chi connectivity index (χ4v) is 2.65. The van der Waals surface area contributed by atoms with Crippen LogP contribution in [-0.4, -0.2) is 49.5 Å². The third-order valence-electron chi connectivity index (χ3n) is 3.89. The minimum atomic E-state index is -4.46. The third kappa shape index (κ3) is 3.85. The smallest absolute Gasteiger partial charge is 0.379 e. The van der Waals surface area contributed by atoms with Crippen molar-refractivity contribution in [3.8, 4) is 0 Å². The average Bonchev–Trinajstić information content (AvgIpc) is 2.56. The van der Waals surface area contributed by atoms with Crippen molar-refractivity contribution in [3.05, 3.63) is 34.9 Å². The van der Waals surface area contributed by atoms with E-state index in [1.165, 1.54) is 6.07 Å². The van der Waals surface area contributed by atoms with Crippen molar-refractivity contribution >= 4 is 11.7 Å². The number of hydrogen-bond donors (Lipinski definition) is 2. The lowest BCUT2D eigenvalue weighted by Gasteiger charge is -2.28. The minimum Gasteiger partial charge on any atom is -0.379 e. The van der Waals surface area contributed by atoms with Crippen molar-refractivity contribution < 1.29 is 22.7 Å². The molecule has 2 heterocycles. The van der Waals surface area contributed by atoms with Gasteiger partial charge in [0.05, 0.1) is 18.8 Å². The molecule has 0 saturated carbocycles. The van der Waals surface area contributed by atoms with E-state index in [4.69, 9.17) is 4.74 Å². The molecule has 2 N–H and O–H groups in total. The Labute approximate surface area is 136 Å². The monoisotopic (exact) mass is 342 g/mol. The lowest BCUT2D eigenvalue weighted by Crippen LogP contribution is -2.47. The summed E-state index contributed by atoms with van der Waals surface area (Å²) in [5.74, 6) is -0.114. The van der Waals surface area contributed by atoms with Gasteiger partial charge in [-0.05, 0) is 11.6 Å². The molecule has 6 nitrogen and oxygen atoms in total. The molecule has 1 saturated heterocycles. The molecule has 0 aromatic heterocycles. The van der Waals surface area contributed by atoms with Crippen molar-refractivity contribution in [2.24, 2.45) is 4.99 Å². The minimum absolute atomic E-state index is 0.112. The first-order valence-electron chi connectivity index (χ1n) is 7.53. The molecule has 2 aliphatic heterocycles. The van der Waals surface area contributed by atoms with Gasteiger partial charge in [0, 0.05) is 25.2 Å². The molecule has 1 aromatic carbocycles. The van der Waals surface area contributed by atoms with Crippen LogP contribution in [-0.2, 0) is 22.3 Å². The van der Waals surface area contributed by atoms with Crippen LogP contribution < -0.4 is 10.9 Å². The van der Waals surface area contributed by atoms with Crippen LogP contribution in [0.5, 0.6) is 0 Å². The second kappa shape index (κ2) is 6.78. The molecule has 24 heavy (non-hydrogen) atoms. The summed E-state index contributed by atoms with van der Waals surface area (Å²) in [4.78, 5) is 16.9. The molecular weight excluding hydrogens is 325 g/mol. The van der Waals surface area contributed by atoms with E-state index in [1.54, 1.807) is 6.07 Å². The lowest BCUT2D eigenvalue weighted by atomic mass is 10.0. The van der Waals surface area contributed by atoms with Gasteiger partial charge in [-0.25, -0.2) is 0 Å². The maximum absolute atomic E-state index is 13.4. The molecular formula is C15H17F3N4O2. The molecule has 3 rings (SSSR count). The van der Waals surface area contributed by atoms with Crippen LogP contribution in [0.15, 0.2) is 23.2 Å². The summed E-state index contributed by atoms with van der Waals surface area (Å²) in [6.45, 7) is 2.38. The van der Waals surface area contributed by atoms with Gasteiger partial charge in [-0.15, -0.1) is 0 Å². The van der Waals surface area contributed by atoms with Gasteiger partial charge in [0.15, 0.2) is 0 Å². The van der Waals surface area contributed by atoms with Crippen LogP contribution in [0.25, 0.3) is 0 Å². The van der Waals surface area contributed by atoms with Crippen LogP contribution in [0.3, 0.4) is 0 Å². The van der Waals surface area contributed by atoms with Crippen molar-refractivity contribution in [2.75, 3.05) is 32.8 Å². The highest BCUT2D eigenvalue weighted by Gasteiger charge is 2.34. The highest BCUT2D eigenvalue weighted by Crippen LogP contribution is 2.33. The van der Waals surface area contributed by atoms with Crippen LogP contribution in [0.1, 0.15) is 16.7 Å². The molecule has 0 aliphatic carbocycles. The van der Waals surface area contributed by atoms with Crippen LogP contribution in [0, 0.1) is 0 Å². The Morgan fingerprint density at radius 1 is 1.21 bits per heavy atom. The number of ether oxygens (including phenoxy) is 1. The molecule has 0 atom stereocenters. The average molecular weight is 342 g/mol. The maximum Gasteiger partial charge on any atom is 0.416 e. The second-order valence-electron chi connectivity index (χ2n) is 5.60. The molecule has 9 heteroatoms. The SMILES string of the molecule is O=C1CN=C(c2ccc(CN3CCOCC3)c(C(F)(F)F)c2)NN1. The number of morpholine rings is 1. The molecule has 1 amide bonds. The van der Waals surface area contributed by atoms with E-state index in [-0.39, 0.29) is 36.0 Å². The number of rotatable bonds is 3. The Balaban J connectivity index is 1.87. The largest absolute Gasteiger partial charge is 0.416 e. The summed E-state index contributed by atoms with van der Waals surface area (Å²) in [7, 11) is 0. The molecule has 130 valence electrons. The van der Waals surface area contributed by atoms with Crippen LogP contribution in [0.2, 0.25) is 0 Å². The van der Waals surface area contributed by atoms with Gasteiger partial charge in [0.1, 0.15) is 12.4 Å². The van der Waals surface area contributed by atoms with Crippen molar-refractivity contribution in [2.45, 2.75) is 12.7 Å². The number of alkyl halides is 3. The predicted molar refractivity (Wildman–Crippen MR) is 80.2 cm³/mol. The maximum atomic E-state index is 13.4. The predicted octanol–water partition coefficient (Wildman–Crippen LogP) is 0.919. The summed E-state index contributed by atoms with van der Waals surface area (Å²) >= 11 is 0. The second-order valence-corrected chi connectivity index (χ2v) is 5.60. The van der Waals surface area contributed by atoms with Gasteiger partial charge in [0.25, 0.3) is 5.91 Å². The zero-order valence-electron chi connectivity index (χ0n) is 12.8. The van der Waals surface area contributed by atoms with Gasteiger partial charge in [0.2, 0.25) is 0 Å². The van der Waals surface area contributed by atoms with Crippen LogP contribution in [0.4, 0.5) is 13.2 Å². The first kappa shape index (κ1) is 16.7. The number of nitrogens with zero attached hydrogens (tertiary/aromatic N) is 2. The van der Waals surface area contributed by atoms with E-state index in [1.807, 2.05) is 4.90 Å². The standard InChI is InChI=1S/C15H17F3N4O2/c16-15(17,18)12-7-10(14-19-8-13(23)20-21-14)1-2-11(12)9-22-3-5-24-6-4-22/h1-2,7H,3-6,8-9H2,(H,19,21)(H,20,23). The number of aliphatic imine (C=N–C) groups is 1. The first-order valence-corrected chi connectivity index (χ1v) is 7.53. The summed E-state index contributed by atoms with van der Waals surface area (Å²) in [6.07, 6.45) is -4.46. The van der Waals surface area contributed by atoms with E-state index in [9.17, 15) is 18.0 Å². The lowest BCUT2D eigenvalue weighted by molar-refractivity contribution is -0.138. The number of nitrogens with one attached hydrogen (secondary N) is 2. The van der Waals surface area contributed by atoms with E-state index >= 15 is 0 Å². The molecule has 0 bridgehead atoms. The molecule has 1 fully saturated rings. The number of halogens is 3. The quantitative estimate of drug-likeness (QED) is 0.857. The van der Waals surface area contributed by atoms with Crippen molar-refractivity contribution in [3.63, 3.8) is 0 Å². The molecule has 0 radical (unpaired) electrons. The third-order valence-corrected chi connectivity index (χ3v) is 3.89. The Bertz CT molecular complexity index is 655. The number of benzene rings is 1. The Morgan fingerprint density at radius 3 is 2.58 bits per heavy atom. The van der Waals surface area contributed by atoms with E-state index in [2.05, 4.69) is 15.8 Å². The Morgan fingerprint density at radius 2 is 1.96 bits per heavy atom. The van der Waals surface area contributed by atoms with Gasteiger partial charge in [-0.3, -0.25) is 25.5 Å². The molecule has 2 aliphatic rings. The fraction of sp³-hybridized carbons (Fsp3) is 0.467. The van der Waals surface area contributed by atoms with E-state index in [0.717, 1.165) is 6.07 Å². The highest BCUT2D eigenvalue weighted by atomic mass is 19.4. The number of carbonyl (C=O) groups excluding carboxylic acids is 1. The topological polar surface area (TPSA) is 66.0 Å². The van der Waals surface area contributed by atoms with Crippen molar-refractivity contribution in [1.82, 2.24) is 15.8 Å².